The van der Waals surface area contributed by atoms with Gasteiger partial charge in [-0.1, -0.05) is 11.6 Å². The minimum atomic E-state index is -0.438. The number of rotatable bonds is 3. The van der Waals surface area contributed by atoms with Gasteiger partial charge in [-0.15, -0.1) is 0 Å². The highest BCUT2D eigenvalue weighted by Crippen LogP contribution is 2.28. The highest BCUT2D eigenvalue weighted by molar-refractivity contribution is 6.33. The third kappa shape index (κ3) is 2.43. The number of nitro benzene ring substituents is 1. The molecule has 1 aromatic carbocycles. The third-order valence-corrected chi connectivity index (χ3v) is 2.78. The van der Waals surface area contributed by atoms with Gasteiger partial charge in [0.15, 0.2) is 0 Å². The van der Waals surface area contributed by atoms with E-state index >= 15 is 0 Å². The molecule has 1 saturated heterocycles. The molecule has 0 aromatic heterocycles. The van der Waals surface area contributed by atoms with Gasteiger partial charge in [0.25, 0.3) is 5.69 Å². The quantitative estimate of drug-likeness (QED) is 0.653. The van der Waals surface area contributed by atoms with Crippen molar-refractivity contribution in [1.29, 1.82) is 0 Å². The number of benzene rings is 1. The number of halogens is 1. The van der Waals surface area contributed by atoms with Gasteiger partial charge in [-0.2, -0.15) is 0 Å². The summed E-state index contributed by atoms with van der Waals surface area (Å²) in [4.78, 5) is 10.2. The van der Waals surface area contributed by atoms with Crippen molar-refractivity contribution in [2.75, 3.05) is 18.5 Å². The largest absolute Gasteiger partial charge is 0.379 e. The molecule has 6 heteroatoms. The molecule has 0 amide bonds. The fourth-order valence-corrected chi connectivity index (χ4v) is 1.78. The van der Waals surface area contributed by atoms with Crippen LogP contribution in [0.4, 0.5) is 11.4 Å². The first kappa shape index (κ1) is 11.2. The molecule has 1 atom stereocenters. The van der Waals surface area contributed by atoms with Crippen LogP contribution in [0.25, 0.3) is 0 Å². The Hall–Kier alpha value is -1.33. The van der Waals surface area contributed by atoms with Crippen molar-refractivity contribution in [3.63, 3.8) is 0 Å². The number of nitrogens with one attached hydrogen (secondary N) is 1. The van der Waals surface area contributed by atoms with E-state index in [1.807, 2.05) is 0 Å². The van der Waals surface area contributed by atoms with Crippen LogP contribution in [-0.4, -0.2) is 24.2 Å². The van der Waals surface area contributed by atoms with Crippen molar-refractivity contribution < 1.29 is 9.66 Å². The first-order valence-electron chi connectivity index (χ1n) is 4.95. The zero-order valence-electron chi connectivity index (χ0n) is 8.48. The molecule has 1 heterocycles. The predicted molar refractivity (Wildman–Crippen MR) is 61.0 cm³/mol. The minimum Gasteiger partial charge on any atom is -0.379 e. The summed E-state index contributed by atoms with van der Waals surface area (Å²) in [5.74, 6) is 0. The molecule has 0 spiro atoms. The molecule has 1 N–H and O–H groups in total. The van der Waals surface area contributed by atoms with Gasteiger partial charge in [0.1, 0.15) is 0 Å². The van der Waals surface area contributed by atoms with Crippen molar-refractivity contribution in [2.45, 2.75) is 12.5 Å². The molecule has 1 aromatic rings. The standard InChI is InChI=1S/C10H11ClN2O3/c11-9-2-1-8(13(14)15)5-10(9)12-7-3-4-16-6-7/h1-2,5,7,12H,3-4,6H2. The van der Waals surface area contributed by atoms with Gasteiger partial charge < -0.3 is 10.1 Å². The molecule has 5 nitrogen and oxygen atoms in total. The number of nitrogens with zero attached hydrogens (tertiary/aromatic N) is 1. The van der Waals surface area contributed by atoms with E-state index in [-0.39, 0.29) is 11.7 Å². The molecule has 0 saturated carbocycles. The van der Waals surface area contributed by atoms with Crippen LogP contribution in [0.5, 0.6) is 0 Å². The number of hydrogen-bond acceptors (Lipinski definition) is 4. The summed E-state index contributed by atoms with van der Waals surface area (Å²) in [7, 11) is 0. The van der Waals surface area contributed by atoms with Gasteiger partial charge in [0.2, 0.25) is 0 Å². The van der Waals surface area contributed by atoms with Crippen LogP contribution in [0.15, 0.2) is 18.2 Å². The van der Waals surface area contributed by atoms with E-state index < -0.39 is 4.92 Å². The molecule has 0 bridgehead atoms. The number of anilines is 1. The zero-order chi connectivity index (χ0) is 11.5. The lowest BCUT2D eigenvalue weighted by Crippen LogP contribution is -2.19. The Kier molecular flexibility index (Phi) is 3.26. The van der Waals surface area contributed by atoms with Gasteiger partial charge in [-0.05, 0) is 12.5 Å². The highest BCUT2D eigenvalue weighted by atomic mass is 35.5. The van der Waals surface area contributed by atoms with Crippen LogP contribution < -0.4 is 5.32 Å². The smallest absolute Gasteiger partial charge is 0.271 e. The lowest BCUT2D eigenvalue weighted by Gasteiger charge is -2.13. The lowest BCUT2D eigenvalue weighted by molar-refractivity contribution is -0.384. The number of non-ortho nitro benzene ring substituents is 1. The summed E-state index contributed by atoms with van der Waals surface area (Å²) in [6.07, 6.45) is 0.888. The molecular formula is C10H11ClN2O3. The summed E-state index contributed by atoms with van der Waals surface area (Å²) < 4.78 is 5.21. The van der Waals surface area contributed by atoms with Crippen LogP contribution in [0.1, 0.15) is 6.42 Å². The first-order valence-corrected chi connectivity index (χ1v) is 5.33. The van der Waals surface area contributed by atoms with Crippen LogP contribution in [0.2, 0.25) is 5.02 Å². The van der Waals surface area contributed by atoms with Gasteiger partial charge >= 0.3 is 0 Å². The van der Waals surface area contributed by atoms with E-state index in [0.717, 1.165) is 6.42 Å². The maximum atomic E-state index is 10.6. The van der Waals surface area contributed by atoms with Crippen LogP contribution >= 0.6 is 11.6 Å². The van der Waals surface area contributed by atoms with Gasteiger partial charge in [0, 0.05) is 18.7 Å². The van der Waals surface area contributed by atoms with Gasteiger partial charge in [-0.25, -0.2) is 0 Å². The summed E-state index contributed by atoms with van der Waals surface area (Å²) in [6.45, 7) is 1.32. The summed E-state index contributed by atoms with van der Waals surface area (Å²) in [5, 5.41) is 14.2. The van der Waals surface area contributed by atoms with Crippen molar-refractivity contribution in [2.24, 2.45) is 0 Å². The molecule has 1 aliphatic heterocycles. The summed E-state index contributed by atoms with van der Waals surface area (Å²) >= 11 is 5.95. The topological polar surface area (TPSA) is 64.4 Å². The second-order valence-corrected chi connectivity index (χ2v) is 4.03. The normalized spacial score (nSPS) is 19.7. The SMILES string of the molecule is O=[N+]([O-])c1ccc(Cl)c(NC2CCOC2)c1. The predicted octanol–water partition coefficient (Wildman–Crippen LogP) is 2.45. The van der Waals surface area contributed by atoms with Crippen molar-refractivity contribution in [3.8, 4) is 0 Å². The molecule has 86 valence electrons. The number of ether oxygens (including phenoxy) is 1. The summed E-state index contributed by atoms with van der Waals surface area (Å²) in [5.41, 5.74) is 0.622. The highest BCUT2D eigenvalue weighted by Gasteiger charge is 2.17. The Labute approximate surface area is 97.5 Å². The molecule has 0 radical (unpaired) electrons. The summed E-state index contributed by atoms with van der Waals surface area (Å²) in [6, 6.07) is 4.54. The van der Waals surface area contributed by atoms with Crippen LogP contribution in [-0.2, 0) is 4.74 Å². The maximum absolute atomic E-state index is 10.6. The molecule has 1 fully saturated rings. The van der Waals surface area contributed by atoms with Crippen LogP contribution in [0.3, 0.4) is 0 Å². The third-order valence-electron chi connectivity index (χ3n) is 2.45. The number of nitro groups is 1. The average Bonchev–Trinajstić information content (AvgIpc) is 2.73. The second kappa shape index (κ2) is 4.67. The zero-order valence-corrected chi connectivity index (χ0v) is 9.24. The molecule has 0 aliphatic carbocycles. The average molecular weight is 243 g/mol. The van der Waals surface area contributed by atoms with E-state index in [4.69, 9.17) is 16.3 Å². The monoisotopic (exact) mass is 242 g/mol. The van der Waals surface area contributed by atoms with E-state index in [2.05, 4.69) is 5.32 Å². The minimum absolute atomic E-state index is 0.0332. The lowest BCUT2D eigenvalue weighted by atomic mass is 10.2. The van der Waals surface area contributed by atoms with Gasteiger partial charge in [-0.3, -0.25) is 10.1 Å². The van der Waals surface area contributed by atoms with Crippen molar-refractivity contribution >= 4 is 23.0 Å². The fourth-order valence-electron chi connectivity index (χ4n) is 1.61. The van der Waals surface area contributed by atoms with Crippen molar-refractivity contribution in [1.82, 2.24) is 0 Å². The molecular weight excluding hydrogens is 232 g/mol. The maximum Gasteiger partial charge on any atom is 0.271 e. The van der Waals surface area contributed by atoms with Crippen molar-refractivity contribution in [3.05, 3.63) is 33.3 Å². The fraction of sp³-hybridized carbons (Fsp3) is 0.400. The Morgan fingerprint density at radius 1 is 1.56 bits per heavy atom. The van der Waals surface area contributed by atoms with Gasteiger partial charge in [0.05, 0.1) is 28.3 Å². The Bertz CT molecular complexity index is 405. The second-order valence-electron chi connectivity index (χ2n) is 3.63. The molecule has 1 unspecified atom stereocenters. The van der Waals surface area contributed by atoms with E-state index in [1.165, 1.54) is 18.2 Å². The van der Waals surface area contributed by atoms with Crippen LogP contribution in [0, 0.1) is 10.1 Å². The Morgan fingerprint density at radius 3 is 3.00 bits per heavy atom. The molecule has 1 aliphatic rings. The Balaban J connectivity index is 2.17. The first-order chi connectivity index (χ1) is 7.66. The number of hydrogen-bond donors (Lipinski definition) is 1. The molecule has 16 heavy (non-hydrogen) atoms. The van der Waals surface area contributed by atoms with E-state index in [1.54, 1.807) is 0 Å². The molecule has 2 rings (SSSR count). The van der Waals surface area contributed by atoms with E-state index in [0.29, 0.717) is 23.9 Å². The van der Waals surface area contributed by atoms with E-state index in [9.17, 15) is 10.1 Å². The Morgan fingerprint density at radius 2 is 2.38 bits per heavy atom.